The minimum absolute atomic E-state index is 0.337. The Morgan fingerprint density at radius 1 is 1.21 bits per heavy atom. The largest absolute Gasteiger partial charge is 0.396 e. The molecular weight excluding hydrogens is 178 g/mol. The molecule has 0 amide bonds. The van der Waals surface area contributed by atoms with E-state index in [0.29, 0.717) is 12.7 Å². The summed E-state index contributed by atoms with van der Waals surface area (Å²) >= 11 is 0. The van der Waals surface area contributed by atoms with Crippen molar-refractivity contribution in [1.29, 1.82) is 0 Å². The molecule has 0 aromatic rings. The van der Waals surface area contributed by atoms with Gasteiger partial charge in [-0.3, -0.25) is 0 Å². The van der Waals surface area contributed by atoms with Gasteiger partial charge in [0, 0.05) is 19.8 Å². The highest BCUT2D eigenvalue weighted by atomic mass is 16.5. The normalized spacial score (nSPS) is 21.6. The van der Waals surface area contributed by atoms with Gasteiger partial charge in [0.15, 0.2) is 0 Å². The van der Waals surface area contributed by atoms with E-state index < -0.39 is 0 Å². The number of aliphatic hydroxyl groups excluding tert-OH is 1. The fraction of sp³-hybridized carbons (Fsp3) is 1.00. The van der Waals surface area contributed by atoms with E-state index >= 15 is 0 Å². The second-order valence-corrected chi connectivity index (χ2v) is 3.98. The summed E-state index contributed by atoms with van der Waals surface area (Å²) in [4.78, 5) is 0. The Hall–Kier alpha value is -0.120. The fourth-order valence-corrected chi connectivity index (χ4v) is 1.78. The first-order chi connectivity index (χ1) is 6.93. The van der Waals surface area contributed by atoms with Crippen LogP contribution in [0.1, 0.15) is 38.5 Å². The second kappa shape index (κ2) is 8.21. The number of aliphatic hydroxyl groups is 1. The van der Waals surface area contributed by atoms with Crippen LogP contribution in [-0.4, -0.2) is 37.5 Å². The zero-order valence-corrected chi connectivity index (χ0v) is 9.00. The Kier molecular flexibility index (Phi) is 7.01. The van der Waals surface area contributed by atoms with Gasteiger partial charge in [0.05, 0.1) is 6.10 Å². The molecule has 0 saturated carbocycles. The van der Waals surface area contributed by atoms with Crippen LogP contribution in [0.4, 0.5) is 0 Å². The molecule has 0 aliphatic carbocycles. The van der Waals surface area contributed by atoms with Gasteiger partial charge >= 0.3 is 0 Å². The van der Waals surface area contributed by atoms with E-state index in [9.17, 15) is 0 Å². The van der Waals surface area contributed by atoms with E-state index in [1.54, 1.807) is 0 Å². The van der Waals surface area contributed by atoms with Gasteiger partial charge in [-0.1, -0.05) is 12.8 Å². The maximum atomic E-state index is 8.58. The van der Waals surface area contributed by atoms with Gasteiger partial charge in [0.1, 0.15) is 0 Å². The van der Waals surface area contributed by atoms with Gasteiger partial charge < -0.3 is 15.2 Å². The molecule has 1 saturated heterocycles. The first-order valence-electron chi connectivity index (χ1n) is 5.86. The molecule has 0 aromatic carbocycles. The van der Waals surface area contributed by atoms with Crippen LogP contribution < -0.4 is 5.32 Å². The minimum Gasteiger partial charge on any atom is -0.396 e. The molecule has 1 atom stereocenters. The van der Waals surface area contributed by atoms with Crippen LogP contribution in [0.15, 0.2) is 0 Å². The molecule has 84 valence electrons. The number of hydrogen-bond acceptors (Lipinski definition) is 3. The third kappa shape index (κ3) is 5.58. The lowest BCUT2D eigenvalue weighted by Gasteiger charge is -2.10. The minimum atomic E-state index is 0.337. The summed E-state index contributed by atoms with van der Waals surface area (Å²) in [5, 5.41) is 12.0. The first-order valence-corrected chi connectivity index (χ1v) is 5.86. The molecule has 1 heterocycles. The highest BCUT2D eigenvalue weighted by Gasteiger charge is 2.13. The molecule has 0 spiro atoms. The summed E-state index contributed by atoms with van der Waals surface area (Å²) in [7, 11) is 0. The van der Waals surface area contributed by atoms with Crippen molar-refractivity contribution in [1.82, 2.24) is 5.32 Å². The van der Waals surface area contributed by atoms with Crippen molar-refractivity contribution in [2.24, 2.45) is 0 Å². The van der Waals surface area contributed by atoms with Gasteiger partial charge in [0.25, 0.3) is 0 Å². The van der Waals surface area contributed by atoms with Crippen molar-refractivity contribution in [2.45, 2.75) is 44.6 Å². The summed E-state index contributed by atoms with van der Waals surface area (Å²) in [5.41, 5.74) is 0. The van der Waals surface area contributed by atoms with Crippen molar-refractivity contribution in [3.63, 3.8) is 0 Å². The lowest BCUT2D eigenvalue weighted by atomic mass is 10.2. The fourth-order valence-electron chi connectivity index (χ4n) is 1.78. The molecule has 0 bridgehead atoms. The molecule has 1 aliphatic rings. The third-order valence-electron chi connectivity index (χ3n) is 2.66. The van der Waals surface area contributed by atoms with Gasteiger partial charge in [-0.2, -0.15) is 0 Å². The molecule has 0 aromatic heterocycles. The van der Waals surface area contributed by atoms with Gasteiger partial charge in [-0.25, -0.2) is 0 Å². The quantitative estimate of drug-likeness (QED) is 0.582. The Labute approximate surface area is 86.8 Å². The Morgan fingerprint density at radius 3 is 2.79 bits per heavy atom. The zero-order valence-electron chi connectivity index (χ0n) is 9.00. The van der Waals surface area contributed by atoms with E-state index in [4.69, 9.17) is 9.84 Å². The standard InChI is InChI=1S/C11H23NO2/c13-8-4-2-1-3-7-12-10-11-6-5-9-14-11/h11-13H,1-10H2. The summed E-state index contributed by atoms with van der Waals surface area (Å²) in [6.07, 6.45) is 7.45. The number of unbranched alkanes of at least 4 members (excludes halogenated alkanes) is 3. The predicted molar refractivity (Wildman–Crippen MR) is 57.4 cm³/mol. The molecule has 3 nitrogen and oxygen atoms in total. The lowest BCUT2D eigenvalue weighted by molar-refractivity contribution is 0.110. The smallest absolute Gasteiger partial charge is 0.0700 e. The van der Waals surface area contributed by atoms with Crippen molar-refractivity contribution < 1.29 is 9.84 Å². The average molecular weight is 201 g/mol. The number of hydrogen-bond donors (Lipinski definition) is 2. The second-order valence-electron chi connectivity index (χ2n) is 3.98. The van der Waals surface area contributed by atoms with Crippen LogP contribution in [0.5, 0.6) is 0 Å². The average Bonchev–Trinajstić information content (AvgIpc) is 2.69. The van der Waals surface area contributed by atoms with Crippen LogP contribution in [0.2, 0.25) is 0 Å². The monoisotopic (exact) mass is 201 g/mol. The molecule has 3 heteroatoms. The lowest BCUT2D eigenvalue weighted by Crippen LogP contribution is -2.26. The van der Waals surface area contributed by atoms with E-state index in [1.165, 1.54) is 25.7 Å². The highest BCUT2D eigenvalue weighted by molar-refractivity contribution is 4.67. The highest BCUT2D eigenvalue weighted by Crippen LogP contribution is 2.10. The summed E-state index contributed by atoms with van der Waals surface area (Å²) < 4.78 is 5.50. The Balaban J connectivity index is 1.75. The maximum Gasteiger partial charge on any atom is 0.0700 e. The van der Waals surface area contributed by atoms with Crippen LogP contribution in [0, 0.1) is 0 Å². The van der Waals surface area contributed by atoms with E-state index in [-0.39, 0.29) is 0 Å². The van der Waals surface area contributed by atoms with Crippen molar-refractivity contribution in [3.05, 3.63) is 0 Å². The predicted octanol–water partition coefficient (Wildman–Crippen LogP) is 1.31. The topological polar surface area (TPSA) is 41.5 Å². The van der Waals surface area contributed by atoms with E-state index in [0.717, 1.165) is 32.5 Å². The molecule has 0 radical (unpaired) electrons. The number of nitrogens with one attached hydrogen (secondary N) is 1. The Morgan fingerprint density at radius 2 is 2.07 bits per heavy atom. The van der Waals surface area contributed by atoms with E-state index in [2.05, 4.69) is 5.32 Å². The van der Waals surface area contributed by atoms with Crippen molar-refractivity contribution in [2.75, 3.05) is 26.3 Å². The first kappa shape index (κ1) is 12.0. The molecule has 14 heavy (non-hydrogen) atoms. The number of ether oxygens (including phenoxy) is 1. The van der Waals surface area contributed by atoms with Crippen LogP contribution in [0.3, 0.4) is 0 Å². The molecule has 2 N–H and O–H groups in total. The van der Waals surface area contributed by atoms with Crippen molar-refractivity contribution >= 4 is 0 Å². The SMILES string of the molecule is OCCCCCCNCC1CCCO1. The molecule has 1 aliphatic heterocycles. The molecule has 1 fully saturated rings. The Bertz CT molecular complexity index is 124. The van der Waals surface area contributed by atoms with Gasteiger partial charge in [-0.05, 0) is 32.2 Å². The number of rotatable bonds is 8. The molecule has 1 unspecified atom stereocenters. The van der Waals surface area contributed by atoms with Crippen molar-refractivity contribution in [3.8, 4) is 0 Å². The summed E-state index contributed by atoms with van der Waals surface area (Å²) in [5.74, 6) is 0. The molecule has 1 rings (SSSR count). The van der Waals surface area contributed by atoms with Gasteiger partial charge in [-0.15, -0.1) is 0 Å². The maximum absolute atomic E-state index is 8.58. The van der Waals surface area contributed by atoms with Crippen LogP contribution in [-0.2, 0) is 4.74 Å². The summed E-state index contributed by atoms with van der Waals surface area (Å²) in [6.45, 7) is 3.39. The summed E-state index contributed by atoms with van der Waals surface area (Å²) in [6, 6.07) is 0. The van der Waals surface area contributed by atoms with Crippen LogP contribution in [0.25, 0.3) is 0 Å². The van der Waals surface area contributed by atoms with Gasteiger partial charge in [0.2, 0.25) is 0 Å². The van der Waals surface area contributed by atoms with Crippen LogP contribution >= 0.6 is 0 Å². The van der Waals surface area contributed by atoms with E-state index in [1.807, 2.05) is 0 Å². The zero-order chi connectivity index (χ0) is 10.1. The third-order valence-corrected chi connectivity index (χ3v) is 2.66. The molecular formula is C11H23NO2.